The topological polar surface area (TPSA) is 94.3 Å². The molecule has 0 aliphatic carbocycles. The number of para-hydroxylation sites is 2. The molecule has 0 bridgehead atoms. The molecule has 0 saturated carbocycles. The van der Waals surface area contributed by atoms with Crippen LogP contribution in [0.1, 0.15) is 17.5 Å². The number of rotatable bonds is 8. The van der Waals surface area contributed by atoms with E-state index < -0.39 is 11.9 Å². The second-order valence-corrected chi connectivity index (χ2v) is 9.40. The Hall–Kier alpha value is -4.17. The molecule has 2 aliphatic heterocycles. The van der Waals surface area contributed by atoms with Gasteiger partial charge >= 0.3 is 0 Å². The van der Waals surface area contributed by atoms with Gasteiger partial charge in [0.15, 0.2) is 0 Å². The molecule has 5 rings (SSSR count). The van der Waals surface area contributed by atoms with Gasteiger partial charge in [0.05, 0.1) is 5.69 Å². The summed E-state index contributed by atoms with van der Waals surface area (Å²) in [6.07, 6.45) is 0.184. The zero-order valence-corrected chi connectivity index (χ0v) is 20.8. The van der Waals surface area contributed by atoms with Gasteiger partial charge in [0.1, 0.15) is 11.8 Å². The Morgan fingerprint density at radius 1 is 0.811 bits per heavy atom. The van der Waals surface area contributed by atoms with E-state index in [1.54, 1.807) is 5.01 Å². The fourth-order valence-electron chi connectivity index (χ4n) is 4.89. The van der Waals surface area contributed by atoms with E-state index in [0.29, 0.717) is 12.3 Å². The zero-order valence-electron chi connectivity index (χ0n) is 20.8. The van der Waals surface area contributed by atoms with E-state index in [1.165, 1.54) is 11.3 Å². The lowest BCUT2D eigenvalue weighted by Crippen LogP contribution is -2.46. The predicted octanol–water partition coefficient (Wildman–Crippen LogP) is 2.75. The van der Waals surface area contributed by atoms with Gasteiger partial charge in [-0.05, 0) is 35.4 Å². The van der Waals surface area contributed by atoms with Crippen LogP contribution in [-0.4, -0.2) is 54.6 Å². The van der Waals surface area contributed by atoms with Gasteiger partial charge in [0, 0.05) is 51.4 Å². The minimum Gasteiger partial charge on any atom is -0.369 e. The Bertz CT molecular complexity index is 1260. The van der Waals surface area contributed by atoms with Crippen LogP contribution < -0.4 is 21.0 Å². The Balaban J connectivity index is 1.19. The normalized spacial score (nSPS) is 17.9. The molecule has 1 saturated heterocycles. The lowest BCUT2D eigenvalue weighted by Gasteiger charge is -2.36. The summed E-state index contributed by atoms with van der Waals surface area (Å²) in [5, 5.41) is 8.99. The molecule has 0 aromatic heterocycles. The van der Waals surface area contributed by atoms with E-state index >= 15 is 0 Å². The maximum Gasteiger partial charge on any atom is 0.267 e. The zero-order chi connectivity index (χ0) is 25.6. The van der Waals surface area contributed by atoms with Crippen LogP contribution in [0.3, 0.4) is 0 Å². The Labute approximate surface area is 217 Å². The monoisotopic (exact) mass is 496 g/mol. The number of nitrogens with one attached hydrogen (secondary N) is 1. The fourth-order valence-corrected chi connectivity index (χ4v) is 4.89. The molecule has 3 N–H and O–H groups in total. The average molecular weight is 497 g/mol. The van der Waals surface area contributed by atoms with Gasteiger partial charge < -0.3 is 16.0 Å². The Morgan fingerprint density at radius 2 is 1.41 bits per heavy atom. The first kappa shape index (κ1) is 24.5. The minimum absolute atomic E-state index is 0.184. The van der Waals surface area contributed by atoms with Crippen LogP contribution in [0.25, 0.3) is 0 Å². The number of anilines is 2. The molecule has 8 heteroatoms. The third-order valence-electron chi connectivity index (χ3n) is 6.97. The number of piperazine rings is 1. The van der Waals surface area contributed by atoms with Crippen molar-refractivity contribution < 1.29 is 9.59 Å². The van der Waals surface area contributed by atoms with Gasteiger partial charge in [-0.25, -0.2) is 0 Å². The van der Waals surface area contributed by atoms with Crippen molar-refractivity contribution >= 4 is 28.9 Å². The number of primary amides is 1. The highest BCUT2D eigenvalue weighted by molar-refractivity contribution is 6.40. The minimum atomic E-state index is -0.676. The third-order valence-corrected chi connectivity index (χ3v) is 6.97. The Kier molecular flexibility index (Phi) is 7.46. The molecule has 2 aliphatic rings. The van der Waals surface area contributed by atoms with Crippen molar-refractivity contribution in [1.29, 1.82) is 0 Å². The number of nitrogens with zero attached hydrogens (tertiary/aromatic N) is 4. The van der Waals surface area contributed by atoms with Crippen molar-refractivity contribution in [2.24, 2.45) is 10.8 Å². The molecule has 3 aromatic carbocycles. The largest absolute Gasteiger partial charge is 0.369 e. The van der Waals surface area contributed by atoms with E-state index in [9.17, 15) is 9.59 Å². The van der Waals surface area contributed by atoms with Crippen molar-refractivity contribution in [2.45, 2.75) is 25.6 Å². The van der Waals surface area contributed by atoms with Gasteiger partial charge in [0.25, 0.3) is 5.91 Å². The second-order valence-electron chi connectivity index (χ2n) is 9.40. The summed E-state index contributed by atoms with van der Waals surface area (Å²) in [6.45, 7) is 5.17. The lowest BCUT2D eigenvalue weighted by atomic mass is 10.1. The molecule has 8 nitrogen and oxygen atoms in total. The number of benzene rings is 3. The van der Waals surface area contributed by atoms with Crippen molar-refractivity contribution in [3.8, 4) is 0 Å². The molecule has 2 amide bonds. The molecule has 2 heterocycles. The van der Waals surface area contributed by atoms with Gasteiger partial charge in [-0.15, -0.1) is 0 Å². The van der Waals surface area contributed by atoms with E-state index in [1.807, 2.05) is 48.5 Å². The van der Waals surface area contributed by atoms with Crippen molar-refractivity contribution in [3.63, 3.8) is 0 Å². The average Bonchev–Trinajstić information content (AvgIpc) is 3.40. The van der Waals surface area contributed by atoms with Crippen LogP contribution in [-0.2, 0) is 22.7 Å². The lowest BCUT2D eigenvalue weighted by molar-refractivity contribution is -0.119. The van der Waals surface area contributed by atoms with E-state index in [-0.39, 0.29) is 12.3 Å². The highest BCUT2D eigenvalue weighted by Crippen LogP contribution is 2.24. The summed E-state index contributed by atoms with van der Waals surface area (Å²) in [7, 11) is 0. The number of hydrazone groups is 1. The highest BCUT2D eigenvalue weighted by Gasteiger charge is 2.34. The van der Waals surface area contributed by atoms with Crippen molar-refractivity contribution in [3.05, 3.63) is 96.1 Å². The number of nitrogens with two attached hydrogens (primary N) is 1. The summed E-state index contributed by atoms with van der Waals surface area (Å²) < 4.78 is 0. The van der Waals surface area contributed by atoms with Crippen molar-refractivity contribution in [1.82, 2.24) is 10.2 Å². The number of carbonyl (C=O) groups is 2. The number of hydrogen-bond donors (Lipinski definition) is 2. The van der Waals surface area contributed by atoms with E-state index in [2.05, 4.69) is 56.6 Å². The van der Waals surface area contributed by atoms with Gasteiger partial charge in [0.2, 0.25) is 5.91 Å². The first-order valence-corrected chi connectivity index (χ1v) is 12.7. The molecule has 0 radical (unpaired) electrons. The van der Waals surface area contributed by atoms with Crippen LogP contribution in [0.5, 0.6) is 0 Å². The summed E-state index contributed by atoms with van der Waals surface area (Å²) >= 11 is 0. The van der Waals surface area contributed by atoms with Crippen molar-refractivity contribution in [2.75, 3.05) is 36.1 Å². The van der Waals surface area contributed by atoms with Gasteiger partial charge in [-0.3, -0.25) is 19.5 Å². The molecule has 190 valence electrons. The molecule has 1 atom stereocenters. The summed E-state index contributed by atoms with van der Waals surface area (Å²) in [5.41, 5.74) is 10.2. The van der Waals surface area contributed by atoms with Crippen LogP contribution in [0.15, 0.2) is 90.0 Å². The standard InChI is InChI=1S/C29H32N6O2/c30-28(36)27-19-26(32-35(27)25-13-5-2-6-14-25)29(37)31-20-22-9-7-8-10-23(22)21-33-15-17-34(18-16-33)24-11-3-1-4-12-24/h1-14,27H,15-21H2,(H2,30,36)(H,31,37). The first-order valence-electron chi connectivity index (χ1n) is 12.7. The Morgan fingerprint density at radius 3 is 2.05 bits per heavy atom. The third kappa shape index (κ3) is 5.81. The summed E-state index contributed by atoms with van der Waals surface area (Å²) in [5.74, 6) is -0.788. The van der Waals surface area contributed by atoms with Crippen LogP contribution >= 0.6 is 0 Å². The number of hydrogen-bond acceptors (Lipinski definition) is 6. The van der Waals surface area contributed by atoms with E-state index in [0.717, 1.165) is 44.0 Å². The predicted molar refractivity (Wildman–Crippen MR) is 146 cm³/mol. The molecule has 1 unspecified atom stereocenters. The number of carbonyl (C=O) groups excluding carboxylic acids is 2. The van der Waals surface area contributed by atoms with E-state index in [4.69, 9.17) is 5.73 Å². The van der Waals surface area contributed by atoms with Gasteiger partial charge in [-0.2, -0.15) is 5.10 Å². The maximum atomic E-state index is 13.0. The highest BCUT2D eigenvalue weighted by atomic mass is 16.2. The molecule has 0 spiro atoms. The molecular weight excluding hydrogens is 464 g/mol. The van der Waals surface area contributed by atoms with Gasteiger partial charge in [-0.1, -0.05) is 60.7 Å². The van der Waals surface area contributed by atoms with Crippen LogP contribution in [0.2, 0.25) is 0 Å². The summed E-state index contributed by atoms with van der Waals surface area (Å²) in [4.78, 5) is 29.9. The second kappa shape index (κ2) is 11.3. The quantitative estimate of drug-likeness (QED) is 0.500. The van der Waals surface area contributed by atoms with Crippen LogP contribution in [0, 0.1) is 0 Å². The first-order chi connectivity index (χ1) is 18.1. The molecular formula is C29H32N6O2. The fraction of sp³-hybridized carbons (Fsp3) is 0.276. The number of amides is 2. The molecule has 37 heavy (non-hydrogen) atoms. The smallest absolute Gasteiger partial charge is 0.267 e. The molecule has 1 fully saturated rings. The molecule has 3 aromatic rings. The SMILES string of the molecule is NC(=O)C1CC(C(=O)NCc2ccccc2CN2CCN(c3ccccc3)CC2)=NN1c1ccccc1. The summed E-state index contributed by atoms with van der Waals surface area (Å²) in [6, 6.07) is 27.3. The maximum absolute atomic E-state index is 13.0. The van der Waals surface area contributed by atoms with Crippen LogP contribution in [0.4, 0.5) is 11.4 Å².